The van der Waals surface area contributed by atoms with Crippen molar-refractivity contribution in [3.05, 3.63) is 39.8 Å². The van der Waals surface area contributed by atoms with Gasteiger partial charge in [-0.2, -0.15) is 0 Å². The molecule has 100 valence electrons. The largest absolute Gasteiger partial charge is 0.488 e. The topological polar surface area (TPSA) is 30.5 Å². The average molecular weight is 335 g/mol. The molecule has 0 aliphatic rings. The van der Waals surface area contributed by atoms with E-state index in [4.69, 9.17) is 21.1 Å². The molecule has 3 nitrogen and oxygen atoms in total. The maximum absolute atomic E-state index is 6.17. The predicted octanol–water partition coefficient (Wildman–Crippen LogP) is 3.36. The fraction of sp³-hybridized carbons (Fsp3) is 0.385. The van der Waals surface area contributed by atoms with E-state index in [0.29, 0.717) is 24.8 Å². The Morgan fingerprint density at radius 2 is 2.28 bits per heavy atom. The van der Waals surface area contributed by atoms with Crippen molar-refractivity contribution in [1.82, 2.24) is 5.32 Å². The summed E-state index contributed by atoms with van der Waals surface area (Å²) in [6.07, 6.45) is 0. The van der Waals surface area contributed by atoms with Gasteiger partial charge in [0.05, 0.1) is 6.61 Å². The Hall–Kier alpha value is -0.550. The van der Waals surface area contributed by atoms with Crippen LogP contribution in [0.2, 0.25) is 5.02 Å². The summed E-state index contributed by atoms with van der Waals surface area (Å²) < 4.78 is 11.4. The molecule has 0 unspecified atom stereocenters. The summed E-state index contributed by atoms with van der Waals surface area (Å²) in [6, 6.07) is 5.62. The lowest BCUT2D eigenvalue weighted by Crippen LogP contribution is -2.19. The second kappa shape index (κ2) is 8.53. The van der Waals surface area contributed by atoms with Gasteiger partial charge in [-0.15, -0.1) is 0 Å². The summed E-state index contributed by atoms with van der Waals surface area (Å²) in [4.78, 5) is 0. The van der Waals surface area contributed by atoms with E-state index in [1.54, 1.807) is 7.11 Å². The second-order valence-corrected chi connectivity index (χ2v) is 5.22. The third-order valence-corrected chi connectivity index (χ3v) is 2.83. The normalized spacial score (nSPS) is 10.4. The summed E-state index contributed by atoms with van der Waals surface area (Å²) >= 11 is 9.44. The molecule has 5 heteroatoms. The number of rotatable bonds is 8. The minimum atomic E-state index is 0.422. The molecule has 1 aromatic carbocycles. The van der Waals surface area contributed by atoms with E-state index in [1.165, 1.54) is 0 Å². The highest BCUT2D eigenvalue weighted by Crippen LogP contribution is 2.26. The Morgan fingerprint density at radius 1 is 1.50 bits per heavy atom. The van der Waals surface area contributed by atoms with Crippen LogP contribution >= 0.6 is 27.5 Å². The molecular formula is C13H17BrClNO2. The van der Waals surface area contributed by atoms with E-state index in [0.717, 1.165) is 22.3 Å². The van der Waals surface area contributed by atoms with E-state index in [2.05, 4.69) is 27.8 Å². The van der Waals surface area contributed by atoms with E-state index in [1.807, 2.05) is 18.2 Å². The van der Waals surface area contributed by atoms with Crippen molar-refractivity contribution in [2.75, 3.05) is 26.9 Å². The van der Waals surface area contributed by atoms with E-state index >= 15 is 0 Å². The van der Waals surface area contributed by atoms with Crippen molar-refractivity contribution in [3.8, 4) is 5.75 Å². The van der Waals surface area contributed by atoms with Crippen molar-refractivity contribution in [2.45, 2.75) is 6.54 Å². The van der Waals surface area contributed by atoms with E-state index < -0.39 is 0 Å². The van der Waals surface area contributed by atoms with Gasteiger partial charge in [0.2, 0.25) is 0 Å². The van der Waals surface area contributed by atoms with Gasteiger partial charge in [0.25, 0.3) is 0 Å². The molecule has 1 N–H and O–H groups in total. The van der Waals surface area contributed by atoms with Crippen LogP contribution in [0.5, 0.6) is 5.75 Å². The lowest BCUT2D eigenvalue weighted by atomic mass is 10.2. The Labute approximate surface area is 121 Å². The van der Waals surface area contributed by atoms with Gasteiger partial charge in [0, 0.05) is 35.3 Å². The molecule has 0 fully saturated rings. The highest BCUT2D eigenvalue weighted by Gasteiger charge is 2.08. The standard InChI is InChI=1S/C13H17BrClNO2/c1-10(14)9-18-13-5-3-4-12(15)11(13)8-16-6-7-17-2/h3-5,16H,1,6-9H2,2H3. The van der Waals surface area contributed by atoms with Gasteiger partial charge in [-0.25, -0.2) is 0 Å². The first-order valence-corrected chi connectivity index (χ1v) is 6.75. The quantitative estimate of drug-likeness (QED) is 0.740. The van der Waals surface area contributed by atoms with Gasteiger partial charge in [-0.05, 0) is 12.1 Å². The zero-order valence-corrected chi connectivity index (χ0v) is 12.7. The SMILES string of the molecule is C=C(Br)COc1cccc(Cl)c1CNCCOC. The third-order valence-electron chi connectivity index (χ3n) is 2.24. The lowest BCUT2D eigenvalue weighted by Gasteiger charge is -2.13. The number of hydrogen-bond donors (Lipinski definition) is 1. The van der Waals surface area contributed by atoms with Crippen LogP contribution in [-0.2, 0) is 11.3 Å². The molecule has 0 bridgehead atoms. The molecule has 0 amide bonds. The summed E-state index contributed by atoms with van der Waals surface area (Å²) in [5.74, 6) is 0.771. The van der Waals surface area contributed by atoms with Crippen molar-refractivity contribution >= 4 is 27.5 Å². The zero-order valence-electron chi connectivity index (χ0n) is 10.3. The van der Waals surface area contributed by atoms with Crippen LogP contribution in [0.25, 0.3) is 0 Å². The number of ether oxygens (including phenoxy) is 2. The molecule has 0 heterocycles. The van der Waals surface area contributed by atoms with Gasteiger partial charge in [-0.3, -0.25) is 0 Å². The minimum Gasteiger partial charge on any atom is -0.488 e. The summed E-state index contributed by atoms with van der Waals surface area (Å²) in [7, 11) is 1.67. The Kier molecular flexibility index (Phi) is 7.35. The van der Waals surface area contributed by atoms with E-state index in [-0.39, 0.29) is 0 Å². The molecule has 18 heavy (non-hydrogen) atoms. The fourth-order valence-corrected chi connectivity index (χ4v) is 1.74. The highest BCUT2D eigenvalue weighted by molar-refractivity contribution is 9.11. The van der Waals surface area contributed by atoms with Gasteiger partial charge >= 0.3 is 0 Å². The van der Waals surface area contributed by atoms with Crippen LogP contribution in [0.15, 0.2) is 29.3 Å². The van der Waals surface area contributed by atoms with Gasteiger partial charge in [-0.1, -0.05) is 40.2 Å². The molecule has 0 aliphatic heterocycles. The molecule has 0 atom stereocenters. The minimum absolute atomic E-state index is 0.422. The Balaban J connectivity index is 2.64. The average Bonchev–Trinajstić information content (AvgIpc) is 2.34. The highest BCUT2D eigenvalue weighted by atomic mass is 79.9. The number of nitrogens with one attached hydrogen (secondary N) is 1. The molecule has 1 rings (SSSR count). The number of hydrogen-bond acceptors (Lipinski definition) is 3. The van der Waals surface area contributed by atoms with Gasteiger partial charge in [0.1, 0.15) is 12.4 Å². The number of benzene rings is 1. The van der Waals surface area contributed by atoms with Crippen LogP contribution in [0.3, 0.4) is 0 Å². The number of halogens is 2. The first-order chi connectivity index (χ1) is 8.65. The lowest BCUT2D eigenvalue weighted by molar-refractivity contribution is 0.199. The maximum Gasteiger partial charge on any atom is 0.125 e. The molecule has 0 radical (unpaired) electrons. The molecule has 0 aliphatic carbocycles. The van der Waals surface area contributed by atoms with Crippen molar-refractivity contribution < 1.29 is 9.47 Å². The molecular weight excluding hydrogens is 318 g/mol. The Bertz CT molecular complexity index is 399. The van der Waals surface area contributed by atoms with Crippen LogP contribution in [0.1, 0.15) is 5.56 Å². The fourth-order valence-electron chi connectivity index (χ4n) is 1.39. The molecule has 0 aromatic heterocycles. The van der Waals surface area contributed by atoms with Crippen LogP contribution < -0.4 is 10.1 Å². The zero-order chi connectivity index (χ0) is 13.4. The van der Waals surface area contributed by atoms with Crippen molar-refractivity contribution in [1.29, 1.82) is 0 Å². The van der Waals surface area contributed by atoms with Gasteiger partial charge in [0.15, 0.2) is 0 Å². The van der Waals surface area contributed by atoms with Crippen LogP contribution in [0, 0.1) is 0 Å². The first kappa shape index (κ1) is 15.5. The molecule has 1 aromatic rings. The second-order valence-electron chi connectivity index (χ2n) is 3.69. The summed E-state index contributed by atoms with van der Waals surface area (Å²) in [6.45, 7) is 6.24. The van der Waals surface area contributed by atoms with Crippen molar-refractivity contribution in [2.24, 2.45) is 0 Å². The number of methoxy groups -OCH3 is 1. The van der Waals surface area contributed by atoms with Crippen molar-refractivity contribution in [3.63, 3.8) is 0 Å². The first-order valence-electron chi connectivity index (χ1n) is 5.58. The summed E-state index contributed by atoms with van der Waals surface area (Å²) in [5.41, 5.74) is 0.948. The summed E-state index contributed by atoms with van der Waals surface area (Å²) in [5, 5.41) is 3.94. The molecule has 0 saturated heterocycles. The third kappa shape index (κ3) is 5.40. The smallest absolute Gasteiger partial charge is 0.125 e. The maximum atomic E-state index is 6.17. The van der Waals surface area contributed by atoms with E-state index in [9.17, 15) is 0 Å². The molecule has 0 spiro atoms. The monoisotopic (exact) mass is 333 g/mol. The molecule has 0 saturated carbocycles. The Morgan fingerprint density at radius 3 is 2.94 bits per heavy atom. The predicted molar refractivity (Wildman–Crippen MR) is 78.6 cm³/mol. The van der Waals surface area contributed by atoms with Gasteiger partial charge < -0.3 is 14.8 Å². The van der Waals surface area contributed by atoms with Crippen LogP contribution in [0.4, 0.5) is 0 Å². The van der Waals surface area contributed by atoms with Crippen LogP contribution in [-0.4, -0.2) is 26.9 Å².